The summed E-state index contributed by atoms with van der Waals surface area (Å²) >= 11 is 0. The van der Waals surface area contributed by atoms with Crippen LogP contribution in [0.3, 0.4) is 0 Å². The molecule has 2 saturated heterocycles. The summed E-state index contributed by atoms with van der Waals surface area (Å²) in [5, 5.41) is 3.33. The van der Waals surface area contributed by atoms with Crippen LogP contribution in [0.15, 0.2) is 24.3 Å². The molecule has 0 bridgehead atoms. The lowest BCUT2D eigenvalue weighted by atomic mass is 10.1. The van der Waals surface area contributed by atoms with E-state index in [1.54, 1.807) is 4.90 Å². The van der Waals surface area contributed by atoms with Gasteiger partial charge >= 0.3 is 0 Å². The third-order valence-electron chi connectivity index (χ3n) is 4.70. The maximum atomic E-state index is 12.8. The molecular weight excluding hydrogens is 326 g/mol. The lowest BCUT2D eigenvalue weighted by molar-refractivity contribution is -0.117. The van der Waals surface area contributed by atoms with Crippen LogP contribution in [-0.2, 0) is 4.79 Å². The van der Waals surface area contributed by atoms with Crippen molar-refractivity contribution in [3.05, 3.63) is 29.8 Å². The van der Waals surface area contributed by atoms with E-state index in [0.29, 0.717) is 18.0 Å². The van der Waals surface area contributed by atoms with Crippen molar-refractivity contribution in [3.63, 3.8) is 0 Å². The Morgan fingerprint density at radius 1 is 1.33 bits per heavy atom. The number of hydrogen-bond donors (Lipinski definition) is 1. The van der Waals surface area contributed by atoms with Crippen molar-refractivity contribution < 1.29 is 9.59 Å². The van der Waals surface area contributed by atoms with Gasteiger partial charge in [0.1, 0.15) is 0 Å². The Hall–Kier alpha value is -1.59. The molecule has 0 aromatic heterocycles. The fourth-order valence-corrected chi connectivity index (χ4v) is 3.47. The van der Waals surface area contributed by atoms with Gasteiger partial charge in [0.2, 0.25) is 5.91 Å². The molecular formula is C18H26ClN3O2. The van der Waals surface area contributed by atoms with E-state index < -0.39 is 0 Å². The summed E-state index contributed by atoms with van der Waals surface area (Å²) in [6.07, 6.45) is 3.52. The summed E-state index contributed by atoms with van der Waals surface area (Å²) in [6, 6.07) is 7.80. The van der Waals surface area contributed by atoms with Gasteiger partial charge < -0.3 is 15.1 Å². The Bertz CT molecular complexity index is 570. The number of nitrogens with one attached hydrogen (secondary N) is 1. The van der Waals surface area contributed by atoms with Gasteiger partial charge in [-0.05, 0) is 50.1 Å². The molecule has 2 fully saturated rings. The first-order chi connectivity index (χ1) is 11.2. The molecule has 2 aliphatic heterocycles. The van der Waals surface area contributed by atoms with Gasteiger partial charge in [-0.3, -0.25) is 9.59 Å². The molecule has 0 radical (unpaired) electrons. The number of rotatable bonds is 5. The second-order valence-corrected chi connectivity index (χ2v) is 6.34. The number of hydrogen-bond acceptors (Lipinski definition) is 3. The molecule has 6 heteroatoms. The van der Waals surface area contributed by atoms with Crippen LogP contribution in [0.1, 0.15) is 43.0 Å². The minimum absolute atomic E-state index is 0. The molecule has 0 aliphatic carbocycles. The Balaban J connectivity index is 0.00000208. The van der Waals surface area contributed by atoms with E-state index in [0.717, 1.165) is 51.1 Å². The summed E-state index contributed by atoms with van der Waals surface area (Å²) in [7, 11) is 0. The van der Waals surface area contributed by atoms with E-state index in [9.17, 15) is 9.59 Å². The van der Waals surface area contributed by atoms with Gasteiger partial charge in [-0.15, -0.1) is 12.4 Å². The lowest BCUT2D eigenvalue weighted by Crippen LogP contribution is -2.42. The van der Waals surface area contributed by atoms with Crippen LogP contribution in [0.25, 0.3) is 0 Å². The molecule has 1 atom stereocenters. The minimum Gasteiger partial charge on any atom is -0.334 e. The molecule has 5 nitrogen and oxygen atoms in total. The first-order valence-electron chi connectivity index (χ1n) is 8.63. The van der Waals surface area contributed by atoms with E-state index in [-0.39, 0.29) is 24.2 Å². The minimum atomic E-state index is 0. The zero-order valence-electron chi connectivity index (χ0n) is 14.2. The number of halogens is 1. The molecule has 3 rings (SSSR count). The monoisotopic (exact) mass is 351 g/mol. The number of anilines is 1. The van der Waals surface area contributed by atoms with Crippen molar-refractivity contribution in [1.29, 1.82) is 0 Å². The molecule has 2 aliphatic rings. The van der Waals surface area contributed by atoms with Gasteiger partial charge in [0, 0.05) is 43.3 Å². The first kappa shape index (κ1) is 18.7. The molecule has 1 N–H and O–H groups in total. The van der Waals surface area contributed by atoms with Crippen LogP contribution in [0.4, 0.5) is 5.69 Å². The molecule has 1 aromatic rings. The fraction of sp³-hybridized carbons (Fsp3) is 0.556. The Kier molecular flexibility index (Phi) is 6.63. The lowest BCUT2D eigenvalue weighted by Gasteiger charge is -2.28. The van der Waals surface area contributed by atoms with Crippen molar-refractivity contribution in [1.82, 2.24) is 10.2 Å². The second kappa shape index (κ2) is 8.49. The van der Waals surface area contributed by atoms with Gasteiger partial charge in [-0.1, -0.05) is 6.92 Å². The Morgan fingerprint density at radius 2 is 2.08 bits per heavy atom. The summed E-state index contributed by atoms with van der Waals surface area (Å²) in [5.41, 5.74) is 1.61. The van der Waals surface area contributed by atoms with Crippen LogP contribution < -0.4 is 10.2 Å². The van der Waals surface area contributed by atoms with Crippen molar-refractivity contribution >= 4 is 29.9 Å². The predicted molar refractivity (Wildman–Crippen MR) is 97.9 cm³/mol. The Labute approximate surface area is 149 Å². The third kappa shape index (κ3) is 3.90. The molecule has 132 valence electrons. The van der Waals surface area contributed by atoms with E-state index in [4.69, 9.17) is 0 Å². The Morgan fingerprint density at radius 3 is 2.62 bits per heavy atom. The van der Waals surface area contributed by atoms with Crippen LogP contribution in [0.5, 0.6) is 0 Å². The highest BCUT2D eigenvalue weighted by atomic mass is 35.5. The standard InChI is InChI=1S/C18H25N3O2.ClH/c1-2-11-21(16-9-10-19-13-16)18(23)14-5-7-15(8-6-14)20-12-3-4-17(20)22;/h5-8,16,19H,2-4,9-13H2,1H3;1H. The summed E-state index contributed by atoms with van der Waals surface area (Å²) < 4.78 is 0. The zero-order valence-corrected chi connectivity index (χ0v) is 15.0. The normalized spacial score (nSPS) is 20.1. The van der Waals surface area contributed by atoms with E-state index in [1.165, 1.54) is 0 Å². The molecule has 1 aromatic carbocycles. The van der Waals surface area contributed by atoms with Crippen molar-refractivity contribution in [2.24, 2.45) is 0 Å². The predicted octanol–water partition coefficient (Wildman–Crippen LogP) is 2.45. The molecule has 2 heterocycles. The molecule has 24 heavy (non-hydrogen) atoms. The fourth-order valence-electron chi connectivity index (χ4n) is 3.47. The summed E-state index contributed by atoms with van der Waals surface area (Å²) in [5.74, 6) is 0.272. The molecule has 0 saturated carbocycles. The topological polar surface area (TPSA) is 52.7 Å². The van der Waals surface area contributed by atoms with Crippen LogP contribution in [0, 0.1) is 0 Å². The van der Waals surface area contributed by atoms with Gasteiger partial charge in [0.25, 0.3) is 5.91 Å². The average Bonchev–Trinajstić information content (AvgIpc) is 3.24. The quantitative estimate of drug-likeness (QED) is 0.886. The highest BCUT2D eigenvalue weighted by molar-refractivity contribution is 5.97. The highest BCUT2D eigenvalue weighted by Gasteiger charge is 2.27. The van der Waals surface area contributed by atoms with Crippen molar-refractivity contribution in [2.75, 3.05) is 31.1 Å². The van der Waals surface area contributed by atoms with Gasteiger partial charge in [-0.2, -0.15) is 0 Å². The number of nitrogens with zero attached hydrogens (tertiary/aromatic N) is 2. The molecule has 0 spiro atoms. The van der Waals surface area contributed by atoms with E-state index in [2.05, 4.69) is 12.2 Å². The average molecular weight is 352 g/mol. The molecule has 1 unspecified atom stereocenters. The largest absolute Gasteiger partial charge is 0.334 e. The molecule has 2 amide bonds. The SMILES string of the molecule is CCCN(C(=O)c1ccc(N2CCCC2=O)cc1)C1CCNC1.Cl. The van der Waals surface area contributed by atoms with E-state index >= 15 is 0 Å². The van der Waals surface area contributed by atoms with Crippen molar-refractivity contribution in [3.8, 4) is 0 Å². The van der Waals surface area contributed by atoms with Crippen molar-refractivity contribution in [2.45, 2.75) is 38.6 Å². The second-order valence-electron chi connectivity index (χ2n) is 6.34. The summed E-state index contributed by atoms with van der Waals surface area (Å²) in [4.78, 5) is 28.4. The van der Waals surface area contributed by atoms with Gasteiger partial charge in [0.05, 0.1) is 0 Å². The smallest absolute Gasteiger partial charge is 0.254 e. The number of carbonyl (C=O) groups excluding carboxylic acids is 2. The number of benzene rings is 1. The zero-order chi connectivity index (χ0) is 16.2. The first-order valence-corrected chi connectivity index (χ1v) is 8.63. The third-order valence-corrected chi connectivity index (χ3v) is 4.70. The number of amides is 2. The maximum absolute atomic E-state index is 12.8. The highest BCUT2D eigenvalue weighted by Crippen LogP contribution is 2.22. The van der Waals surface area contributed by atoms with E-state index in [1.807, 2.05) is 29.2 Å². The maximum Gasteiger partial charge on any atom is 0.254 e. The number of carbonyl (C=O) groups is 2. The van der Waals surface area contributed by atoms with Gasteiger partial charge in [-0.25, -0.2) is 0 Å². The summed E-state index contributed by atoms with van der Waals surface area (Å²) in [6.45, 7) is 5.53. The van der Waals surface area contributed by atoms with Crippen LogP contribution in [0.2, 0.25) is 0 Å². The van der Waals surface area contributed by atoms with Crippen LogP contribution >= 0.6 is 12.4 Å². The van der Waals surface area contributed by atoms with Gasteiger partial charge in [0.15, 0.2) is 0 Å². The van der Waals surface area contributed by atoms with Crippen LogP contribution in [-0.4, -0.2) is 48.9 Å².